The number of aliphatic carboxylic acids is 1. The van der Waals surface area contributed by atoms with E-state index in [2.05, 4.69) is 47.2 Å². The first-order valence-electron chi connectivity index (χ1n) is 23.4. The molecule has 22 heteroatoms. The lowest BCUT2D eigenvalue weighted by molar-refractivity contribution is -0.142. The molecule has 2 aromatic carbocycles. The minimum atomic E-state index is -1.29. The van der Waals surface area contributed by atoms with Crippen LogP contribution >= 0.6 is 0 Å². The summed E-state index contributed by atoms with van der Waals surface area (Å²) in [4.78, 5) is 128. The van der Waals surface area contributed by atoms with Crippen molar-refractivity contribution >= 4 is 70.1 Å². The van der Waals surface area contributed by atoms with Crippen molar-refractivity contribution in [1.82, 2.24) is 47.1 Å². The van der Waals surface area contributed by atoms with Crippen molar-refractivity contribution in [2.24, 2.45) is 22.4 Å². The molecular formula is C48H68N12O10. The Morgan fingerprint density at radius 2 is 1.29 bits per heavy atom. The molecule has 1 fully saturated rings. The molecule has 8 amide bonds. The Hall–Kier alpha value is -7.52. The molecule has 0 unspecified atom stereocenters. The normalized spacial score (nSPS) is 16.3. The van der Waals surface area contributed by atoms with Crippen LogP contribution in [0, 0.1) is 5.92 Å². The highest BCUT2D eigenvalue weighted by Crippen LogP contribution is 2.21. The van der Waals surface area contributed by atoms with Gasteiger partial charge in [0, 0.05) is 50.0 Å². The van der Waals surface area contributed by atoms with Crippen LogP contribution in [0.5, 0.6) is 0 Å². The quantitative estimate of drug-likeness (QED) is 0.0294. The van der Waals surface area contributed by atoms with Crippen molar-refractivity contribution in [2.75, 3.05) is 13.1 Å². The number of likely N-dealkylation sites (tertiary alicyclic amines) is 1. The third-order valence-electron chi connectivity index (χ3n) is 11.7. The highest BCUT2D eigenvalue weighted by atomic mass is 16.4. The highest BCUT2D eigenvalue weighted by molar-refractivity contribution is 5.98. The number of amides is 8. The number of nitrogens with zero attached hydrogens (tertiary/aromatic N) is 2. The molecule has 1 aliphatic heterocycles. The number of H-pyrrole nitrogens is 1. The number of aliphatic imine (C=N–C) groups is 1. The van der Waals surface area contributed by atoms with Gasteiger partial charge in [-0.25, -0.2) is 0 Å². The van der Waals surface area contributed by atoms with Crippen LogP contribution < -0.4 is 48.7 Å². The third-order valence-corrected chi connectivity index (χ3v) is 11.7. The van der Waals surface area contributed by atoms with E-state index in [1.54, 1.807) is 36.5 Å². The maximum atomic E-state index is 14.3. The van der Waals surface area contributed by atoms with Gasteiger partial charge < -0.3 is 63.7 Å². The topological polar surface area (TPSA) is 342 Å². The lowest BCUT2D eigenvalue weighted by atomic mass is 10.00. The first-order chi connectivity index (χ1) is 33.1. The molecule has 8 atom stereocenters. The number of aromatic amines is 1. The number of fused-ring (bicyclic) bond motifs is 1. The minimum absolute atomic E-state index is 0.00135. The molecule has 0 bridgehead atoms. The number of carboxylic acids is 1. The molecule has 13 N–H and O–H groups in total. The van der Waals surface area contributed by atoms with E-state index in [0.29, 0.717) is 12.0 Å². The van der Waals surface area contributed by atoms with E-state index < -0.39 is 102 Å². The molecule has 1 aliphatic rings. The van der Waals surface area contributed by atoms with Crippen molar-refractivity contribution in [3.63, 3.8) is 0 Å². The van der Waals surface area contributed by atoms with Gasteiger partial charge >= 0.3 is 5.97 Å². The monoisotopic (exact) mass is 973 g/mol. The zero-order chi connectivity index (χ0) is 51.7. The summed E-state index contributed by atoms with van der Waals surface area (Å²) in [6.45, 7) is 9.40. The summed E-state index contributed by atoms with van der Waals surface area (Å²) in [7, 11) is 0. The molecule has 1 aromatic heterocycles. The second-order valence-electron chi connectivity index (χ2n) is 18.0. The van der Waals surface area contributed by atoms with E-state index in [0.717, 1.165) is 16.5 Å². The van der Waals surface area contributed by atoms with Crippen LogP contribution in [-0.2, 0) is 56.0 Å². The number of carbonyl (C=O) groups excluding carboxylic acids is 8. The molecule has 4 rings (SSSR count). The van der Waals surface area contributed by atoms with E-state index in [-0.39, 0.29) is 63.5 Å². The van der Waals surface area contributed by atoms with Crippen LogP contribution in [0.4, 0.5) is 0 Å². The Labute approximate surface area is 406 Å². The second-order valence-corrected chi connectivity index (χ2v) is 18.0. The molecule has 70 heavy (non-hydrogen) atoms. The maximum absolute atomic E-state index is 14.3. The number of para-hydroxylation sites is 1. The zero-order valence-corrected chi connectivity index (χ0v) is 40.5. The first kappa shape index (κ1) is 55.1. The number of nitrogens with two attached hydrogens (primary N) is 2. The fourth-order valence-electron chi connectivity index (χ4n) is 8.03. The average molecular weight is 973 g/mol. The summed E-state index contributed by atoms with van der Waals surface area (Å²) >= 11 is 0. The largest absolute Gasteiger partial charge is 0.480 e. The predicted octanol–water partition coefficient (Wildman–Crippen LogP) is -0.398. The van der Waals surface area contributed by atoms with Crippen LogP contribution in [0.25, 0.3) is 10.9 Å². The Morgan fingerprint density at radius 3 is 1.94 bits per heavy atom. The molecule has 2 heterocycles. The summed E-state index contributed by atoms with van der Waals surface area (Å²) in [6.07, 6.45) is 2.96. The third kappa shape index (κ3) is 16.6. The maximum Gasteiger partial charge on any atom is 0.325 e. The fraction of sp³-hybridized carbons (Fsp3) is 0.500. The van der Waals surface area contributed by atoms with Gasteiger partial charge in [-0.05, 0) is 76.0 Å². The molecule has 1 saturated heterocycles. The fourth-order valence-corrected chi connectivity index (χ4v) is 8.03. The lowest BCUT2D eigenvalue weighted by Crippen LogP contribution is -2.60. The van der Waals surface area contributed by atoms with Crippen LogP contribution in [0.2, 0.25) is 0 Å². The van der Waals surface area contributed by atoms with Gasteiger partial charge in [0.2, 0.25) is 47.3 Å². The Bertz CT molecular complexity index is 2370. The molecule has 0 saturated carbocycles. The van der Waals surface area contributed by atoms with Gasteiger partial charge in [0.25, 0.3) is 0 Å². The van der Waals surface area contributed by atoms with E-state index in [4.69, 9.17) is 11.5 Å². The van der Waals surface area contributed by atoms with Gasteiger partial charge in [0.1, 0.15) is 48.3 Å². The van der Waals surface area contributed by atoms with Gasteiger partial charge in [-0.1, -0.05) is 62.4 Å². The van der Waals surface area contributed by atoms with Crippen molar-refractivity contribution in [3.8, 4) is 0 Å². The van der Waals surface area contributed by atoms with Crippen LogP contribution in [-0.4, -0.2) is 136 Å². The van der Waals surface area contributed by atoms with Crippen molar-refractivity contribution in [3.05, 3.63) is 71.9 Å². The summed E-state index contributed by atoms with van der Waals surface area (Å²) in [6, 6.07) is 7.07. The molecular weight excluding hydrogens is 905 g/mol. The van der Waals surface area contributed by atoms with Gasteiger partial charge in [0.15, 0.2) is 5.96 Å². The number of nitrogens with one attached hydrogen (secondary N) is 8. The molecule has 0 radical (unpaired) electrons. The lowest BCUT2D eigenvalue weighted by Gasteiger charge is -2.30. The number of hydrogen-bond acceptors (Lipinski definition) is 10. The van der Waals surface area contributed by atoms with E-state index in [9.17, 15) is 48.3 Å². The van der Waals surface area contributed by atoms with Crippen molar-refractivity contribution in [1.29, 1.82) is 0 Å². The molecule has 22 nitrogen and oxygen atoms in total. The number of guanidine groups is 1. The average Bonchev–Trinajstić information content (AvgIpc) is 3.97. The zero-order valence-electron chi connectivity index (χ0n) is 40.5. The van der Waals surface area contributed by atoms with E-state index in [1.807, 2.05) is 38.1 Å². The summed E-state index contributed by atoms with van der Waals surface area (Å²) < 4.78 is 0. The van der Waals surface area contributed by atoms with Gasteiger partial charge in [0.05, 0.1) is 0 Å². The molecule has 0 spiro atoms. The van der Waals surface area contributed by atoms with Gasteiger partial charge in [-0.3, -0.25) is 48.1 Å². The first-order valence-corrected chi connectivity index (χ1v) is 23.4. The van der Waals surface area contributed by atoms with Gasteiger partial charge in [-0.2, -0.15) is 0 Å². The Balaban J connectivity index is 1.45. The van der Waals surface area contributed by atoms with Crippen molar-refractivity contribution in [2.45, 2.75) is 135 Å². The van der Waals surface area contributed by atoms with E-state index in [1.165, 1.54) is 32.6 Å². The van der Waals surface area contributed by atoms with Crippen LogP contribution in [0.3, 0.4) is 0 Å². The number of aromatic nitrogens is 1. The van der Waals surface area contributed by atoms with Crippen LogP contribution in [0.1, 0.15) is 84.8 Å². The molecule has 0 aliphatic carbocycles. The Kier molecular flexibility index (Phi) is 20.7. The van der Waals surface area contributed by atoms with E-state index >= 15 is 0 Å². The highest BCUT2D eigenvalue weighted by Gasteiger charge is 2.39. The van der Waals surface area contributed by atoms with Crippen molar-refractivity contribution < 1.29 is 48.3 Å². The summed E-state index contributed by atoms with van der Waals surface area (Å²) in [5.41, 5.74) is 13.2. The standard InChI is InChI=1S/C48H68N12O10/c1-26(2)22-36(43(65)57-35(18-12-20-51-48(49)50)41(63)55-29(5)47(69)70)58-44(66)37(23-31-14-8-7-9-15-31)59-45(67)39-19-13-21-60(39)46(68)28(4)54-40(62)27(3)53-42(64)38(56-30(6)61)24-32-25-52-34-17-11-10-16-33(32)34/h7-11,14-17,25-29,35-39,52H,12-13,18-24H2,1-6H3,(H,53,64)(H,54,62)(H,55,63)(H,56,61)(H,57,65)(H,58,66)(H,59,67)(H,69,70)(H4,49,50,51)/t27-,28-,29-,35-,36-,37-,38-,39-/m0/s1. The number of carboxylic acid groups (broad SMARTS) is 1. The molecule has 380 valence electrons. The SMILES string of the molecule is CC(=O)N[C@@H](Cc1c[nH]c2ccccc12)C(=O)N[C@@H](C)C(=O)N[C@@H](C)C(=O)N1CCC[C@H]1C(=O)N[C@@H](Cc1ccccc1)C(=O)N[C@@H](CC(C)C)C(=O)N[C@@H](CCCN=C(N)N)C(=O)N[C@@H](C)C(=O)O. The summed E-state index contributed by atoms with van der Waals surface area (Å²) in [5, 5.41) is 28.7. The minimum Gasteiger partial charge on any atom is -0.480 e. The number of benzene rings is 2. The molecule has 3 aromatic rings. The predicted molar refractivity (Wildman–Crippen MR) is 260 cm³/mol. The second kappa shape index (κ2) is 26.3. The van der Waals surface area contributed by atoms with Crippen LogP contribution in [0.15, 0.2) is 65.8 Å². The number of hydrogen-bond donors (Lipinski definition) is 11. The smallest absolute Gasteiger partial charge is 0.325 e. The number of rotatable bonds is 25. The summed E-state index contributed by atoms with van der Waals surface area (Å²) in [5.74, 6) is -6.78. The number of carbonyl (C=O) groups is 9. The van der Waals surface area contributed by atoms with Gasteiger partial charge in [-0.15, -0.1) is 0 Å². The Morgan fingerprint density at radius 1 is 0.700 bits per heavy atom.